The Bertz CT molecular complexity index is 463. The zero-order valence-corrected chi connectivity index (χ0v) is 8.10. The third kappa shape index (κ3) is 4.07. The van der Waals surface area contributed by atoms with Crippen molar-refractivity contribution in [2.45, 2.75) is 0 Å². The predicted octanol–water partition coefficient (Wildman–Crippen LogP) is 0.746. The molecule has 0 aromatic carbocycles. The standard InChI is InChI=1S/C8H7FO4S/c1-14(10,11)12-6-2-3-7-4-5-8(9)13-7/h4-5H,6H2,1H3. The van der Waals surface area contributed by atoms with Crippen LogP contribution in [0.2, 0.25) is 0 Å². The molecule has 0 amide bonds. The van der Waals surface area contributed by atoms with Crippen molar-refractivity contribution >= 4 is 10.1 Å². The Morgan fingerprint density at radius 3 is 2.79 bits per heavy atom. The van der Waals surface area contributed by atoms with Crippen LogP contribution in [-0.2, 0) is 14.3 Å². The molecule has 0 aliphatic carbocycles. The van der Waals surface area contributed by atoms with Crippen molar-refractivity contribution in [3.8, 4) is 11.8 Å². The minimum Gasteiger partial charge on any atom is -0.422 e. The average molecular weight is 218 g/mol. The van der Waals surface area contributed by atoms with E-state index in [4.69, 9.17) is 0 Å². The van der Waals surface area contributed by atoms with Gasteiger partial charge in [0.25, 0.3) is 16.1 Å². The van der Waals surface area contributed by atoms with Gasteiger partial charge >= 0.3 is 0 Å². The molecule has 4 nitrogen and oxygen atoms in total. The number of halogens is 1. The molecule has 1 heterocycles. The monoisotopic (exact) mass is 218 g/mol. The molecule has 0 saturated heterocycles. The van der Waals surface area contributed by atoms with Gasteiger partial charge in [0.05, 0.1) is 6.26 Å². The lowest BCUT2D eigenvalue weighted by Crippen LogP contribution is -2.02. The summed E-state index contributed by atoms with van der Waals surface area (Å²) in [6.45, 7) is -0.277. The van der Waals surface area contributed by atoms with Crippen LogP contribution in [0.5, 0.6) is 0 Å². The molecule has 0 spiro atoms. The van der Waals surface area contributed by atoms with Crippen molar-refractivity contribution in [1.29, 1.82) is 0 Å². The van der Waals surface area contributed by atoms with Gasteiger partial charge < -0.3 is 4.42 Å². The van der Waals surface area contributed by atoms with Gasteiger partial charge in [0.1, 0.15) is 6.61 Å². The van der Waals surface area contributed by atoms with Gasteiger partial charge in [0, 0.05) is 6.07 Å². The largest absolute Gasteiger partial charge is 0.422 e. The second-order valence-electron chi connectivity index (χ2n) is 2.37. The maximum absolute atomic E-state index is 12.3. The van der Waals surface area contributed by atoms with Crippen LogP contribution in [0.3, 0.4) is 0 Å². The van der Waals surface area contributed by atoms with E-state index < -0.39 is 16.1 Å². The van der Waals surface area contributed by atoms with Gasteiger partial charge in [0.2, 0.25) is 0 Å². The smallest absolute Gasteiger partial charge is 0.278 e. The Balaban J connectivity index is 2.50. The topological polar surface area (TPSA) is 56.5 Å². The third-order valence-electron chi connectivity index (χ3n) is 1.13. The lowest BCUT2D eigenvalue weighted by Gasteiger charge is -1.91. The first-order valence-electron chi connectivity index (χ1n) is 3.56. The fourth-order valence-electron chi connectivity index (χ4n) is 0.641. The summed E-state index contributed by atoms with van der Waals surface area (Å²) in [6.07, 6.45) is 0.918. The Morgan fingerprint density at radius 1 is 1.57 bits per heavy atom. The van der Waals surface area contributed by atoms with Crippen LogP contribution in [-0.4, -0.2) is 21.3 Å². The Morgan fingerprint density at radius 2 is 2.29 bits per heavy atom. The van der Waals surface area contributed by atoms with Crippen molar-refractivity contribution in [1.82, 2.24) is 0 Å². The highest BCUT2D eigenvalue weighted by molar-refractivity contribution is 7.85. The number of hydrogen-bond acceptors (Lipinski definition) is 4. The van der Waals surface area contributed by atoms with Gasteiger partial charge in [-0.2, -0.15) is 12.8 Å². The van der Waals surface area contributed by atoms with E-state index in [0.29, 0.717) is 0 Å². The van der Waals surface area contributed by atoms with E-state index in [1.165, 1.54) is 6.07 Å². The van der Waals surface area contributed by atoms with Crippen LogP contribution in [0.4, 0.5) is 4.39 Å². The maximum atomic E-state index is 12.3. The molecule has 0 unspecified atom stereocenters. The summed E-state index contributed by atoms with van der Waals surface area (Å²) in [7, 11) is -3.48. The van der Waals surface area contributed by atoms with Crippen LogP contribution >= 0.6 is 0 Å². The molecule has 1 rings (SSSR count). The maximum Gasteiger partial charge on any atom is 0.278 e. The fraction of sp³-hybridized carbons (Fsp3) is 0.250. The molecule has 0 radical (unpaired) electrons. The van der Waals surface area contributed by atoms with Crippen molar-refractivity contribution in [2.75, 3.05) is 12.9 Å². The molecule has 0 aliphatic heterocycles. The molecule has 6 heteroatoms. The zero-order valence-electron chi connectivity index (χ0n) is 7.28. The average Bonchev–Trinajstić information content (AvgIpc) is 2.44. The van der Waals surface area contributed by atoms with Crippen LogP contribution in [0, 0.1) is 17.9 Å². The predicted molar refractivity (Wildman–Crippen MR) is 46.3 cm³/mol. The second-order valence-corrected chi connectivity index (χ2v) is 4.02. The van der Waals surface area contributed by atoms with Crippen molar-refractivity contribution in [3.63, 3.8) is 0 Å². The van der Waals surface area contributed by atoms with Gasteiger partial charge in [-0.3, -0.25) is 4.18 Å². The van der Waals surface area contributed by atoms with E-state index in [9.17, 15) is 12.8 Å². The first kappa shape index (κ1) is 10.8. The van der Waals surface area contributed by atoms with Crippen molar-refractivity contribution in [2.24, 2.45) is 0 Å². The molecule has 0 N–H and O–H groups in total. The van der Waals surface area contributed by atoms with Crippen LogP contribution in [0.25, 0.3) is 0 Å². The summed E-state index contributed by atoms with van der Waals surface area (Å²) in [6, 6.07) is 1.71. The molecule has 76 valence electrons. The summed E-state index contributed by atoms with van der Waals surface area (Å²) in [5.74, 6) is 4.88. The summed E-state index contributed by atoms with van der Waals surface area (Å²) >= 11 is 0. The SMILES string of the molecule is CS(=O)(=O)OCC#Cc1ccc(F)o1. The molecule has 0 saturated carbocycles. The number of furan rings is 1. The third-order valence-corrected chi connectivity index (χ3v) is 1.68. The Hall–Kier alpha value is -1.32. The first-order chi connectivity index (χ1) is 6.47. The fourth-order valence-corrected chi connectivity index (χ4v) is 0.914. The lowest BCUT2D eigenvalue weighted by atomic mass is 10.4. The summed E-state index contributed by atoms with van der Waals surface area (Å²) in [5, 5.41) is 0. The second kappa shape index (κ2) is 4.26. The molecule has 0 aliphatic rings. The van der Waals surface area contributed by atoms with E-state index in [-0.39, 0.29) is 12.4 Å². The minimum absolute atomic E-state index is 0.125. The Kier molecular flexibility index (Phi) is 3.28. The minimum atomic E-state index is -3.48. The highest BCUT2D eigenvalue weighted by atomic mass is 32.2. The van der Waals surface area contributed by atoms with E-state index >= 15 is 0 Å². The van der Waals surface area contributed by atoms with Crippen LogP contribution in [0.1, 0.15) is 5.76 Å². The number of rotatable bonds is 2. The van der Waals surface area contributed by atoms with Crippen molar-refractivity contribution in [3.05, 3.63) is 23.9 Å². The van der Waals surface area contributed by atoms with Gasteiger partial charge in [0.15, 0.2) is 5.76 Å². The summed E-state index contributed by atoms with van der Waals surface area (Å²) in [4.78, 5) is 0. The van der Waals surface area contributed by atoms with E-state index in [1.54, 1.807) is 0 Å². The quantitative estimate of drug-likeness (QED) is 0.543. The number of hydrogen-bond donors (Lipinski definition) is 0. The Labute approximate surface area is 80.8 Å². The molecular weight excluding hydrogens is 211 g/mol. The summed E-state index contributed by atoms with van der Waals surface area (Å²) in [5.41, 5.74) is 0. The first-order valence-corrected chi connectivity index (χ1v) is 5.37. The zero-order chi connectivity index (χ0) is 10.6. The molecule has 1 aromatic heterocycles. The molecule has 0 fully saturated rings. The van der Waals surface area contributed by atoms with E-state index in [2.05, 4.69) is 20.4 Å². The molecule has 14 heavy (non-hydrogen) atoms. The highest BCUT2D eigenvalue weighted by Gasteiger charge is 1.98. The van der Waals surface area contributed by atoms with E-state index in [1.807, 2.05) is 0 Å². The van der Waals surface area contributed by atoms with E-state index in [0.717, 1.165) is 12.3 Å². The van der Waals surface area contributed by atoms with Gasteiger partial charge in [-0.1, -0.05) is 5.92 Å². The van der Waals surface area contributed by atoms with Gasteiger partial charge in [-0.05, 0) is 12.0 Å². The normalized spacial score (nSPS) is 10.7. The van der Waals surface area contributed by atoms with Crippen molar-refractivity contribution < 1.29 is 21.4 Å². The van der Waals surface area contributed by atoms with Crippen LogP contribution in [0.15, 0.2) is 16.5 Å². The molecule has 0 bridgehead atoms. The lowest BCUT2D eigenvalue weighted by molar-refractivity contribution is 0.352. The highest BCUT2D eigenvalue weighted by Crippen LogP contribution is 2.02. The molecular formula is C8H7FO4S. The van der Waals surface area contributed by atoms with Gasteiger partial charge in [-0.25, -0.2) is 0 Å². The summed E-state index contributed by atoms with van der Waals surface area (Å²) < 4.78 is 42.0. The van der Waals surface area contributed by atoms with Gasteiger partial charge in [-0.15, -0.1) is 0 Å². The molecule has 0 atom stereocenters. The molecule has 1 aromatic rings. The van der Waals surface area contributed by atoms with Crippen LogP contribution < -0.4 is 0 Å².